The number of carbonyl (C=O) groups is 1. The maximum Gasteiger partial charge on any atom is 0.328 e. The summed E-state index contributed by atoms with van der Waals surface area (Å²) in [6, 6.07) is 4.74. The lowest BCUT2D eigenvalue weighted by Gasteiger charge is -2.35. The Balaban J connectivity index is 2.10. The highest BCUT2D eigenvalue weighted by molar-refractivity contribution is 8.53. The smallest absolute Gasteiger partial charge is 0.328 e. The summed E-state index contributed by atoms with van der Waals surface area (Å²) in [4.78, 5) is 16.5. The molecule has 36 heavy (non-hydrogen) atoms. The summed E-state index contributed by atoms with van der Waals surface area (Å²) in [7, 11) is -3.45. The molecule has 1 aromatic rings. The molecule has 1 saturated heterocycles. The van der Waals surface area contributed by atoms with Gasteiger partial charge in [0.1, 0.15) is 4.99 Å². The van der Waals surface area contributed by atoms with Gasteiger partial charge in [0.2, 0.25) is 10.0 Å². The molecule has 2 atom stereocenters. The quantitative estimate of drug-likeness (QED) is 0.168. The van der Waals surface area contributed by atoms with E-state index in [9.17, 15) is 13.2 Å². The van der Waals surface area contributed by atoms with E-state index in [1.807, 2.05) is 6.92 Å². The Kier molecular flexibility index (Phi) is 8.15. The van der Waals surface area contributed by atoms with E-state index >= 15 is 0 Å². The minimum atomic E-state index is -3.45. The number of fused-ring (bicyclic) bond motifs is 1. The average molecular weight is 574 g/mol. The minimum Gasteiger partial charge on any atom is -0.351 e. The van der Waals surface area contributed by atoms with Crippen LogP contribution in [0.5, 0.6) is 0 Å². The highest BCUT2D eigenvalue weighted by atomic mass is 32.7. The van der Waals surface area contributed by atoms with Crippen LogP contribution in [0, 0.1) is 10.8 Å². The molecule has 0 saturated carbocycles. The highest BCUT2D eigenvalue weighted by Gasteiger charge is 2.52. The lowest BCUT2D eigenvalue weighted by Crippen LogP contribution is -2.45. The lowest BCUT2D eigenvalue weighted by atomic mass is 9.83. The van der Waals surface area contributed by atoms with Crippen LogP contribution in [0.4, 0.5) is 11.4 Å². The van der Waals surface area contributed by atoms with Gasteiger partial charge in [0.25, 0.3) is 0 Å². The summed E-state index contributed by atoms with van der Waals surface area (Å²) in [6.07, 6.45) is 1.98. The van der Waals surface area contributed by atoms with Crippen molar-refractivity contribution in [1.82, 2.24) is 9.99 Å². The second kappa shape index (κ2) is 10.1. The molecule has 0 amide bonds. The van der Waals surface area contributed by atoms with E-state index in [1.54, 1.807) is 18.2 Å². The van der Waals surface area contributed by atoms with Crippen LogP contribution in [0.3, 0.4) is 0 Å². The highest BCUT2D eigenvalue weighted by Crippen LogP contribution is 2.63. The van der Waals surface area contributed by atoms with Gasteiger partial charge in [-0.05, 0) is 36.3 Å². The predicted molar refractivity (Wildman–Crippen MR) is 157 cm³/mol. The zero-order valence-electron chi connectivity index (χ0n) is 22.2. The summed E-state index contributed by atoms with van der Waals surface area (Å²) >= 11 is 10.8. The molecule has 2 heterocycles. The van der Waals surface area contributed by atoms with Crippen LogP contribution < -0.4 is 20.4 Å². The van der Waals surface area contributed by atoms with E-state index in [0.717, 1.165) is 12.7 Å². The van der Waals surface area contributed by atoms with Gasteiger partial charge in [-0.15, -0.1) is 0 Å². The van der Waals surface area contributed by atoms with Crippen molar-refractivity contribution in [3.05, 3.63) is 29.6 Å². The average Bonchev–Trinajstić information content (AvgIpc) is 2.95. The molecular weight excluding hydrogens is 535 g/mol. The zero-order valence-corrected chi connectivity index (χ0v) is 25.6. The second-order valence-corrected chi connectivity index (χ2v) is 17.5. The third kappa shape index (κ3) is 6.35. The van der Waals surface area contributed by atoms with Crippen LogP contribution >= 0.6 is 31.3 Å². The second-order valence-electron chi connectivity index (χ2n) is 11.5. The van der Waals surface area contributed by atoms with Crippen LogP contribution in [-0.2, 0) is 19.3 Å². The fourth-order valence-electron chi connectivity index (χ4n) is 4.37. The first-order valence-electron chi connectivity index (χ1n) is 11.9. The molecule has 12 heteroatoms. The molecule has 200 valence electrons. The summed E-state index contributed by atoms with van der Waals surface area (Å²) in [5.74, 6) is 0.442. The fourth-order valence-corrected chi connectivity index (χ4v) is 8.41. The number of nitrogens with one attached hydrogen (secondary N) is 3. The van der Waals surface area contributed by atoms with Crippen LogP contribution in [0.15, 0.2) is 29.6 Å². The van der Waals surface area contributed by atoms with Crippen molar-refractivity contribution in [3.8, 4) is 0 Å². The molecule has 2 aliphatic rings. The number of nitrogens with zero attached hydrogens (tertiary/aromatic N) is 1. The first-order chi connectivity index (χ1) is 16.4. The normalized spacial score (nSPS) is 24.9. The van der Waals surface area contributed by atoms with Crippen molar-refractivity contribution < 1.29 is 17.7 Å². The molecule has 2 aliphatic heterocycles. The van der Waals surface area contributed by atoms with Crippen molar-refractivity contribution in [2.24, 2.45) is 10.8 Å². The summed E-state index contributed by atoms with van der Waals surface area (Å²) in [5, 5.41) is 7.37. The number of sulfonamides is 1. The van der Waals surface area contributed by atoms with Gasteiger partial charge in [-0.3, -0.25) is 9.52 Å². The number of Topliss-reactive ketones (excluding diaryl/α,β-unsaturated/α-hetero) is 1. The SMILES string of the molecule is CCO[P+]1(S)N/C(=C2\C(=O)[C@H](C(C)(C)C)N(CCC(C)(C)C)C2=S)Nc2ccc(NS(C)(=O)=O)cc21. The van der Waals surface area contributed by atoms with E-state index in [1.165, 1.54) is 0 Å². The van der Waals surface area contributed by atoms with Crippen LogP contribution in [0.25, 0.3) is 0 Å². The van der Waals surface area contributed by atoms with Crippen molar-refractivity contribution >= 4 is 68.8 Å². The third-order valence-corrected chi connectivity index (χ3v) is 10.4. The van der Waals surface area contributed by atoms with E-state index < -0.39 is 16.9 Å². The minimum absolute atomic E-state index is 0.0356. The van der Waals surface area contributed by atoms with Crippen LogP contribution in [-0.4, -0.2) is 49.5 Å². The maximum atomic E-state index is 13.9. The van der Waals surface area contributed by atoms with Crippen molar-refractivity contribution in [3.63, 3.8) is 0 Å². The summed E-state index contributed by atoms with van der Waals surface area (Å²) in [5.41, 5.74) is 1.29. The molecule has 0 spiro atoms. The predicted octanol–water partition coefficient (Wildman–Crippen LogP) is 4.70. The number of rotatable bonds is 6. The van der Waals surface area contributed by atoms with Gasteiger partial charge in [0.05, 0.1) is 48.1 Å². The standard InChI is InChI=1S/C24H37N4O4PS3/c1-9-32-33(35)17-14-15(27-36(8,30)31)10-11-16(17)25-21(26-33)18-19(29)20(24(5,6)7)28(22(18)34)13-12-23(2,3)4/h10-11,14,20,27,35H,9,12-13H2,1-8H3,(H-,25,26,29,34)/p+1/t20-,33?/m1/s1. The Bertz CT molecular complexity index is 1200. The number of hydrogen-bond donors (Lipinski definition) is 4. The monoisotopic (exact) mass is 573 g/mol. The first-order valence-corrected chi connectivity index (χ1v) is 17.1. The van der Waals surface area contributed by atoms with Gasteiger partial charge < -0.3 is 10.2 Å². The Hall–Kier alpha value is -1.39. The molecule has 0 aromatic heterocycles. The summed E-state index contributed by atoms with van der Waals surface area (Å²) in [6.45, 7) is 12.8. The van der Waals surface area contributed by atoms with Gasteiger partial charge in [-0.1, -0.05) is 53.8 Å². The molecule has 1 fully saturated rings. The molecule has 3 rings (SSSR count). The van der Waals surface area contributed by atoms with Crippen molar-refractivity contribution in [2.75, 3.05) is 29.4 Å². The molecule has 3 N–H and O–H groups in total. The number of anilines is 2. The number of thiocarbonyl (C=S) groups is 1. The number of benzene rings is 1. The molecule has 0 radical (unpaired) electrons. The van der Waals surface area contributed by atoms with Crippen LogP contribution in [0.2, 0.25) is 0 Å². The van der Waals surface area contributed by atoms with Crippen molar-refractivity contribution in [2.45, 2.75) is 60.9 Å². The maximum absolute atomic E-state index is 13.9. The van der Waals surface area contributed by atoms with E-state index in [-0.39, 0.29) is 22.7 Å². The van der Waals surface area contributed by atoms with Gasteiger partial charge >= 0.3 is 6.84 Å². The fraction of sp³-hybridized carbons (Fsp3) is 0.583. The lowest BCUT2D eigenvalue weighted by molar-refractivity contribution is -0.120. The molecular formula is C24H38N4O4PS3+. The van der Waals surface area contributed by atoms with Gasteiger partial charge in [-0.25, -0.2) is 13.5 Å². The largest absolute Gasteiger partial charge is 0.351 e. The molecule has 8 nitrogen and oxygen atoms in total. The van der Waals surface area contributed by atoms with E-state index in [0.29, 0.717) is 46.2 Å². The Morgan fingerprint density at radius 3 is 2.39 bits per heavy atom. The molecule has 0 bridgehead atoms. The van der Waals surface area contributed by atoms with E-state index in [4.69, 9.17) is 29.0 Å². The van der Waals surface area contributed by atoms with E-state index in [2.05, 4.69) is 61.6 Å². The first kappa shape index (κ1) is 29.2. The number of hydrogen-bond acceptors (Lipinski definition) is 8. The van der Waals surface area contributed by atoms with Gasteiger partial charge in [0, 0.05) is 12.6 Å². The third-order valence-electron chi connectivity index (χ3n) is 5.92. The Labute approximate surface area is 226 Å². The summed E-state index contributed by atoms with van der Waals surface area (Å²) < 4.78 is 32.1. The molecule has 1 aromatic carbocycles. The zero-order chi connectivity index (χ0) is 27.3. The van der Waals surface area contributed by atoms with Gasteiger partial charge in [0.15, 0.2) is 16.9 Å². The number of likely N-dealkylation sites (tertiary alicyclic amines) is 1. The molecule has 1 unspecified atom stereocenters. The number of carbonyl (C=O) groups excluding carboxylic acids is 1. The number of thiol groups is 1. The van der Waals surface area contributed by atoms with Gasteiger partial charge in [-0.2, -0.15) is 4.52 Å². The topological polar surface area (TPSA) is 99.8 Å². The molecule has 0 aliphatic carbocycles. The Morgan fingerprint density at radius 1 is 1.22 bits per heavy atom. The number of ketones is 1. The Morgan fingerprint density at radius 2 is 1.86 bits per heavy atom. The van der Waals surface area contributed by atoms with Crippen molar-refractivity contribution in [1.29, 1.82) is 0 Å². The van der Waals surface area contributed by atoms with Crippen LogP contribution in [0.1, 0.15) is 54.9 Å².